The summed E-state index contributed by atoms with van der Waals surface area (Å²) in [6.07, 6.45) is 6.27. The fourth-order valence-electron chi connectivity index (χ4n) is 4.10. The van der Waals surface area contributed by atoms with Crippen LogP contribution in [0.25, 0.3) is 28.2 Å². The van der Waals surface area contributed by atoms with Crippen LogP contribution in [-0.2, 0) is 6.54 Å². The van der Waals surface area contributed by atoms with Crippen molar-refractivity contribution in [1.29, 1.82) is 0 Å². The number of aromatic nitrogens is 3. The summed E-state index contributed by atoms with van der Waals surface area (Å²) < 4.78 is 7.86. The van der Waals surface area contributed by atoms with Gasteiger partial charge in [0.2, 0.25) is 5.89 Å². The lowest BCUT2D eigenvalue weighted by atomic mass is 10.0. The number of para-hydroxylation sites is 2. The summed E-state index contributed by atoms with van der Waals surface area (Å²) in [7, 11) is 0. The fourth-order valence-corrected chi connectivity index (χ4v) is 4.10. The first-order valence-corrected chi connectivity index (χ1v) is 9.96. The number of benzene rings is 2. The van der Waals surface area contributed by atoms with Crippen LogP contribution in [-0.4, -0.2) is 32.5 Å². The Morgan fingerprint density at radius 2 is 1.96 bits per heavy atom. The Morgan fingerprint density at radius 3 is 2.82 bits per heavy atom. The van der Waals surface area contributed by atoms with Crippen LogP contribution in [0.1, 0.15) is 25.5 Å². The summed E-state index contributed by atoms with van der Waals surface area (Å²) in [4.78, 5) is 11.7. The van der Waals surface area contributed by atoms with Crippen molar-refractivity contribution in [2.24, 2.45) is 5.92 Å². The third kappa shape index (κ3) is 3.34. The Labute approximate surface area is 164 Å². The molecule has 5 nitrogen and oxygen atoms in total. The van der Waals surface area contributed by atoms with Gasteiger partial charge in [-0.2, -0.15) is 0 Å². The molecule has 0 N–H and O–H groups in total. The molecule has 1 aliphatic rings. The molecule has 1 unspecified atom stereocenters. The van der Waals surface area contributed by atoms with Gasteiger partial charge in [-0.1, -0.05) is 19.1 Å². The van der Waals surface area contributed by atoms with Gasteiger partial charge in [0, 0.05) is 24.3 Å². The minimum atomic E-state index is 0.682. The topological polar surface area (TPSA) is 47.1 Å². The first kappa shape index (κ1) is 17.2. The zero-order valence-corrected chi connectivity index (χ0v) is 16.1. The molecule has 0 aliphatic carbocycles. The predicted octanol–water partition coefficient (Wildman–Crippen LogP) is 4.91. The lowest BCUT2D eigenvalue weighted by molar-refractivity contribution is 0.175. The summed E-state index contributed by atoms with van der Waals surface area (Å²) >= 11 is 0. The number of nitrogens with zero attached hydrogens (tertiary/aromatic N) is 4. The first-order valence-electron chi connectivity index (χ1n) is 9.96. The molecule has 0 spiro atoms. The molecule has 1 atom stereocenters. The molecule has 1 saturated heterocycles. The van der Waals surface area contributed by atoms with E-state index >= 15 is 0 Å². The quantitative estimate of drug-likeness (QED) is 0.510. The van der Waals surface area contributed by atoms with Crippen molar-refractivity contribution < 1.29 is 4.42 Å². The minimum Gasteiger partial charge on any atom is -0.444 e. The second-order valence-electron chi connectivity index (χ2n) is 7.78. The molecule has 0 bridgehead atoms. The molecule has 28 heavy (non-hydrogen) atoms. The maximum Gasteiger partial charge on any atom is 0.226 e. The number of hydrogen-bond acceptors (Lipinski definition) is 4. The number of oxazole rings is 1. The summed E-state index contributed by atoms with van der Waals surface area (Å²) in [6.45, 7) is 5.49. The Bertz CT molecular complexity index is 1080. The zero-order chi connectivity index (χ0) is 18.9. The van der Waals surface area contributed by atoms with Crippen molar-refractivity contribution in [2.75, 3.05) is 13.1 Å². The lowest BCUT2D eigenvalue weighted by Gasteiger charge is -2.29. The fraction of sp³-hybridized carbons (Fsp3) is 0.304. The molecular formula is C23H24N4O. The standard InChI is InChI=1S/C23H24N4O/c1-17-5-4-12-26(13-17)14-19-15-28-23(25-19)18-8-10-20(11-9-18)27-16-24-21-6-2-3-7-22(21)27/h2-3,6-11,15-17H,4-5,12-14H2,1H3. The largest absolute Gasteiger partial charge is 0.444 e. The van der Waals surface area contributed by atoms with Gasteiger partial charge in [-0.15, -0.1) is 0 Å². The maximum absolute atomic E-state index is 5.76. The molecule has 5 rings (SSSR count). The van der Waals surface area contributed by atoms with E-state index in [1.54, 1.807) is 6.26 Å². The van der Waals surface area contributed by atoms with Crippen LogP contribution in [0.2, 0.25) is 0 Å². The smallest absolute Gasteiger partial charge is 0.226 e. The molecule has 0 radical (unpaired) electrons. The van der Waals surface area contributed by atoms with Gasteiger partial charge < -0.3 is 4.42 Å². The van der Waals surface area contributed by atoms with Gasteiger partial charge in [0.25, 0.3) is 0 Å². The van der Waals surface area contributed by atoms with E-state index in [4.69, 9.17) is 9.40 Å². The number of imidazole rings is 1. The zero-order valence-electron chi connectivity index (χ0n) is 16.1. The molecule has 0 saturated carbocycles. The molecule has 4 aromatic rings. The van der Waals surface area contributed by atoms with Crippen LogP contribution < -0.4 is 0 Å². The Hall–Kier alpha value is -2.92. The van der Waals surface area contributed by atoms with Gasteiger partial charge in [0.1, 0.15) is 12.6 Å². The molecule has 2 aromatic heterocycles. The van der Waals surface area contributed by atoms with Crippen molar-refractivity contribution in [3.8, 4) is 17.1 Å². The molecule has 0 amide bonds. The van der Waals surface area contributed by atoms with Crippen molar-refractivity contribution in [2.45, 2.75) is 26.3 Å². The van der Waals surface area contributed by atoms with Crippen molar-refractivity contribution in [3.05, 3.63) is 66.8 Å². The Morgan fingerprint density at radius 1 is 1.11 bits per heavy atom. The van der Waals surface area contributed by atoms with Gasteiger partial charge in [0.15, 0.2) is 0 Å². The van der Waals surface area contributed by atoms with Crippen LogP contribution in [0.5, 0.6) is 0 Å². The van der Waals surface area contributed by atoms with E-state index in [1.165, 1.54) is 12.8 Å². The van der Waals surface area contributed by atoms with Crippen molar-refractivity contribution in [1.82, 2.24) is 19.4 Å². The van der Waals surface area contributed by atoms with Crippen LogP contribution >= 0.6 is 0 Å². The van der Waals surface area contributed by atoms with E-state index < -0.39 is 0 Å². The van der Waals surface area contributed by atoms with Crippen LogP contribution in [0.4, 0.5) is 0 Å². The van der Waals surface area contributed by atoms with E-state index in [0.717, 1.165) is 53.5 Å². The summed E-state index contributed by atoms with van der Waals surface area (Å²) in [5, 5.41) is 0. The lowest BCUT2D eigenvalue weighted by Crippen LogP contribution is -2.33. The van der Waals surface area contributed by atoms with E-state index in [1.807, 2.05) is 24.5 Å². The molecule has 2 aromatic carbocycles. The highest BCUT2D eigenvalue weighted by Gasteiger charge is 2.18. The highest BCUT2D eigenvalue weighted by Crippen LogP contribution is 2.24. The van der Waals surface area contributed by atoms with E-state index in [-0.39, 0.29) is 0 Å². The third-order valence-corrected chi connectivity index (χ3v) is 5.52. The van der Waals surface area contributed by atoms with E-state index in [2.05, 4.69) is 51.7 Å². The molecule has 1 fully saturated rings. The molecular weight excluding hydrogens is 348 g/mol. The minimum absolute atomic E-state index is 0.682. The van der Waals surface area contributed by atoms with Crippen LogP contribution in [0.3, 0.4) is 0 Å². The second-order valence-corrected chi connectivity index (χ2v) is 7.78. The SMILES string of the molecule is CC1CCCN(Cc2coc(-c3ccc(-n4cnc5ccccc54)cc3)n2)C1. The van der Waals surface area contributed by atoms with Gasteiger partial charge in [-0.25, -0.2) is 9.97 Å². The molecule has 142 valence electrons. The van der Waals surface area contributed by atoms with Crippen LogP contribution in [0, 0.1) is 5.92 Å². The maximum atomic E-state index is 5.76. The molecule has 5 heteroatoms. The normalized spacial score (nSPS) is 18.0. The number of likely N-dealkylation sites (tertiary alicyclic amines) is 1. The number of rotatable bonds is 4. The highest BCUT2D eigenvalue weighted by molar-refractivity contribution is 5.77. The van der Waals surface area contributed by atoms with E-state index in [9.17, 15) is 0 Å². The highest BCUT2D eigenvalue weighted by atomic mass is 16.3. The van der Waals surface area contributed by atoms with Crippen LogP contribution in [0.15, 0.2) is 65.5 Å². The molecule has 3 heterocycles. The Balaban J connectivity index is 1.34. The van der Waals surface area contributed by atoms with Gasteiger partial charge in [-0.3, -0.25) is 9.47 Å². The van der Waals surface area contributed by atoms with Crippen molar-refractivity contribution >= 4 is 11.0 Å². The summed E-state index contributed by atoms with van der Waals surface area (Å²) in [5.74, 6) is 1.45. The summed E-state index contributed by atoms with van der Waals surface area (Å²) in [5.41, 5.74) is 5.17. The first-order chi connectivity index (χ1) is 13.8. The average Bonchev–Trinajstić information content (AvgIpc) is 3.35. The van der Waals surface area contributed by atoms with Gasteiger partial charge >= 0.3 is 0 Å². The summed E-state index contributed by atoms with van der Waals surface area (Å²) in [6, 6.07) is 16.4. The predicted molar refractivity (Wildman–Crippen MR) is 110 cm³/mol. The average molecular weight is 372 g/mol. The number of piperidine rings is 1. The third-order valence-electron chi connectivity index (χ3n) is 5.52. The van der Waals surface area contributed by atoms with Crippen molar-refractivity contribution in [3.63, 3.8) is 0 Å². The monoisotopic (exact) mass is 372 g/mol. The van der Waals surface area contributed by atoms with Gasteiger partial charge in [-0.05, 0) is 61.7 Å². The van der Waals surface area contributed by atoms with Gasteiger partial charge in [0.05, 0.1) is 16.7 Å². The number of fused-ring (bicyclic) bond motifs is 1. The van der Waals surface area contributed by atoms with E-state index in [0.29, 0.717) is 5.89 Å². The molecule has 1 aliphatic heterocycles. The second kappa shape index (κ2) is 7.24. The Kier molecular flexibility index (Phi) is 4.45. The number of hydrogen-bond donors (Lipinski definition) is 0.